The number of hydrogen-bond acceptors (Lipinski definition) is 3. The van der Waals surface area contributed by atoms with E-state index in [2.05, 4.69) is 26.2 Å². The van der Waals surface area contributed by atoms with E-state index in [-0.39, 0.29) is 5.82 Å². The lowest BCUT2D eigenvalue weighted by atomic mass is 10.1. The Bertz CT molecular complexity index is 769. The molecule has 0 aliphatic heterocycles. The Labute approximate surface area is 123 Å². The molecule has 3 rings (SSSR count). The molecule has 1 aromatic heterocycles. The molecule has 2 aromatic carbocycles. The zero-order chi connectivity index (χ0) is 14.1. The monoisotopic (exact) mass is 331 g/mol. The van der Waals surface area contributed by atoms with Crippen molar-refractivity contribution in [3.63, 3.8) is 0 Å². The van der Waals surface area contributed by atoms with Crippen LogP contribution >= 0.6 is 15.9 Å². The molecular weight excluding hydrogens is 321 g/mol. The molecular formula is C15H11BrFN3. The highest BCUT2D eigenvalue weighted by atomic mass is 79.9. The highest BCUT2D eigenvalue weighted by Gasteiger charge is 2.09. The predicted molar refractivity (Wildman–Crippen MR) is 83.5 cm³/mol. The fourth-order valence-electron chi connectivity index (χ4n) is 2.07. The second kappa shape index (κ2) is 5.09. The van der Waals surface area contributed by atoms with Crippen LogP contribution in [0.25, 0.3) is 10.8 Å². The molecule has 0 spiro atoms. The summed E-state index contributed by atoms with van der Waals surface area (Å²) in [7, 11) is 0. The van der Waals surface area contributed by atoms with Gasteiger partial charge in [-0.1, -0.05) is 6.07 Å². The van der Waals surface area contributed by atoms with Gasteiger partial charge in [0.1, 0.15) is 5.82 Å². The Morgan fingerprint density at radius 3 is 2.75 bits per heavy atom. The SMILES string of the molecule is Nc1ccc(Nc2c(F)cccc2Br)c2cnccc12. The van der Waals surface area contributed by atoms with Crippen LogP contribution in [0.1, 0.15) is 0 Å². The van der Waals surface area contributed by atoms with E-state index in [1.165, 1.54) is 6.07 Å². The number of benzene rings is 2. The number of para-hydroxylation sites is 1. The molecule has 3 N–H and O–H groups in total. The maximum Gasteiger partial charge on any atom is 0.147 e. The van der Waals surface area contributed by atoms with Gasteiger partial charge in [0.2, 0.25) is 0 Å². The highest BCUT2D eigenvalue weighted by molar-refractivity contribution is 9.10. The molecule has 3 nitrogen and oxygen atoms in total. The van der Waals surface area contributed by atoms with Gasteiger partial charge < -0.3 is 11.1 Å². The van der Waals surface area contributed by atoms with E-state index >= 15 is 0 Å². The molecule has 5 heteroatoms. The maximum absolute atomic E-state index is 13.9. The van der Waals surface area contributed by atoms with Crippen LogP contribution in [0.4, 0.5) is 21.5 Å². The third kappa shape index (κ3) is 2.20. The van der Waals surface area contributed by atoms with E-state index in [1.807, 2.05) is 12.1 Å². The number of pyridine rings is 1. The van der Waals surface area contributed by atoms with Gasteiger partial charge >= 0.3 is 0 Å². The van der Waals surface area contributed by atoms with Gasteiger partial charge in [0.05, 0.1) is 5.69 Å². The summed E-state index contributed by atoms with van der Waals surface area (Å²) in [5, 5.41) is 4.83. The first-order valence-electron chi connectivity index (χ1n) is 6.00. The van der Waals surface area contributed by atoms with Gasteiger partial charge in [0.15, 0.2) is 0 Å². The van der Waals surface area contributed by atoms with Gasteiger partial charge in [-0.25, -0.2) is 4.39 Å². The number of nitrogens with one attached hydrogen (secondary N) is 1. The maximum atomic E-state index is 13.9. The van der Waals surface area contributed by atoms with Crippen molar-refractivity contribution in [2.75, 3.05) is 11.1 Å². The number of halogens is 2. The van der Waals surface area contributed by atoms with Crippen molar-refractivity contribution >= 4 is 43.8 Å². The summed E-state index contributed by atoms with van der Waals surface area (Å²) in [6.45, 7) is 0. The molecule has 0 saturated heterocycles. The molecule has 0 amide bonds. The lowest BCUT2D eigenvalue weighted by Gasteiger charge is -2.13. The number of aromatic nitrogens is 1. The Morgan fingerprint density at radius 2 is 1.95 bits per heavy atom. The first kappa shape index (κ1) is 12.9. The number of nitrogen functional groups attached to an aromatic ring is 1. The third-order valence-corrected chi connectivity index (χ3v) is 3.74. The summed E-state index contributed by atoms with van der Waals surface area (Å²) in [6, 6.07) is 10.3. The number of nitrogens with zero attached hydrogens (tertiary/aromatic N) is 1. The van der Waals surface area contributed by atoms with Crippen molar-refractivity contribution in [1.29, 1.82) is 0 Å². The zero-order valence-corrected chi connectivity index (χ0v) is 12.0. The minimum Gasteiger partial charge on any atom is -0.398 e. The number of nitrogens with two attached hydrogens (primary N) is 1. The van der Waals surface area contributed by atoms with Gasteiger partial charge in [0, 0.05) is 39.0 Å². The number of anilines is 3. The van der Waals surface area contributed by atoms with E-state index in [0.717, 1.165) is 16.5 Å². The molecule has 3 aromatic rings. The van der Waals surface area contributed by atoms with Crippen molar-refractivity contribution < 1.29 is 4.39 Å². The summed E-state index contributed by atoms with van der Waals surface area (Å²) in [5.41, 5.74) is 7.76. The van der Waals surface area contributed by atoms with Crippen molar-refractivity contribution in [3.05, 3.63) is 59.1 Å². The van der Waals surface area contributed by atoms with E-state index < -0.39 is 0 Å². The average Bonchev–Trinajstić information content (AvgIpc) is 2.46. The lowest BCUT2D eigenvalue weighted by molar-refractivity contribution is 0.631. The van der Waals surface area contributed by atoms with Crippen molar-refractivity contribution in [1.82, 2.24) is 4.98 Å². The predicted octanol–water partition coefficient (Wildman–Crippen LogP) is 4.46. The zero-order valence-electron chi connectivity index (χ0n) is 10.4. The van der Waals surface area contributed by atoms with Crippen LogP contribution in [-0.2, 0) is 0 Å². The van der Waals surface area contributed by atoms with Crippen LogP contribution in [-0.4, -0.2) is 4.98 Å². The Morgan fingerprint density at radius 1 is 1.10 bits per heavy atom. The normalized spacial score (nSPS) is 10.7. The molecule has 0 aliphatic rings. The minimum atomic E-state index is -0.326. The average molecular weight is 332 g/mol. The highest BCUT2D eigenvalue weighted by Crippen LogP contribution is 2.33. The van der Waals surface area contributed by atoms with Crippen LogP contribution in [0, 0.1) is 5.82 Å². The fourth-order valence-corrected chi connectivity index (χ4v) is 2.52. The van der Waals surface area contributed by atoms with Crippen molar-refractivity contribution in [2.45, 2.75) is 0 Å². The summed E-state index contributed by atoms with van der Waals surface area (Å²) >= 11 is 3.34. The third-order valence-electron chi connectivity index (χ3n) is 3.07. The van der Waals surface area contributed by atoms with Gasteiger partial charge in [-0.2, -0.15) is 0 Å². The Kier molecular flexibility index (Phi) is 3.28. The first-order valence-corrected chi connectivity index (χ1v) is 6.79. The summed E-state index contributed by atoms with van der Waals surface area (Å²) in [5.74, 6) is -0.326. The number of fused-ring (bicyclic) bond motifs is 1. The Hall–Kier alpha value is -2.14. The van der Waals surface area contributed by atoms with Gasteiger partial charge in [0.25, 0.3) is 0 Å². The van der Waals surface area contributed by atoms with Crippen LogP contribution in [0.3, 0.4) is 0 Å². The molecule has 20 heavy (non-hydrogen) atoms. The van der Waals surface area contributed by atoms with E-state index in [0.29, 0.717) is 15.8 Å². The standard InChI is InChI=1S/C15H11BrFN3/c16-11-2-1-3-12(17)15(11)20-14-5-4-13(18)9-6-7-19-8-10(9)14/h1-8,20H,18H2. The fraction of sp³-hybridized carbons (Fsp3) is 0. The number of rotatable bonds is 2. The molecule has 100 valence electrons. The van der Waals surface area contributed by atoms with E-state index in [4.69, 9.17) is 5.73 Å². The summed E-state index contributed by atoms with van der Waals surface area (Å²) < 4.78 is 14.5. The topological polar surface area (TPSA) is 50.9 Å². The minimum absolute atomic E-state index is 0.326. The van der Waals surface area contributed by atoms with Crippen LogP contribution in [0.5, 0.6) is 0 Å². The number of hydrogen-bond donors (Lipinski definition) is 2. The largest absolute Gasteiger partial charge is 0.398 e. The smallest absolute Gasteiger partial charge is 0.147 e. The van der Waals surface area contributed by atoms with E-state index in [9.17, 15) is 4.39 Å². The first-order chi connectivity index (χ1) is 9.66. The molecule has 0 unspecified atom stereocenters. The van der Waals surface area contributed by atoms with Crippen LogP contribution in [0.15, 0.2) is 53.3 Å². The molecule has 1 heterocycles. The molecule has 0 radical (unpaired) electrons. The van der Waals surface area contributed by atoms with E-state index in [1.54, 1.807) is 30.6 Å². The van der Waals surface area contributed by atoms with Crippen LogP contribution < -0.4 is 11.1 Å². The Balaban J connectivity index is 2.14. The molecule has 0 fully saturated rings. The summed E-state index contributed by atoms with van der Waals surface area (Å²) in [4.78, 5) is 4.10. The van der Waals surface area contributed by atoms with Crippen molar-refractivity contribution in [3.8, 4) is 0 Å². The second-order valence-corrected chi connectivity index (χ2v) is 5.20. The summed E-state index contributed by atoms with van der Waals surface area (Å²) in [6.07, 6.45) is 3.39. The van der Waals surface area contributed by atoms with Gasteiger partial charge in [-0.15, -0.1) is 0 Å². The molecule has 0 saturated carbocycles. The van der Waals surface area contributed by atoms with Gasteiger partial charge in [-0.05, 0) is 46.3 Å². The molecule has 0 aliphatic carbocycles. The molecule has 0 atom stereocenters. The quantitative estimate of drug-likeness (QED) is 0.681. The van der Waals surface area contributed by atoms with Crippen molar-refractivity contribution in [2.24, 2.45) is 0 Å². The lowest BCUT2D eigenvalue weighted by Crippen LogP contribution is -1.97. The second-order valence-electron chi connectivity index (χ2n) is 4.35. The van der Waals surface area contributed by atoms with Crippen LogP contribution in [0.2, 0.25) is 0 Å². The molecule has 0 bridgehead atoms. The van der Waals surface area contributed by atoms with Gasteiger partial charge in [-0.3, -0.25) is 4.98 Å².